The molecule has 2 aromatic heterocycles. The lowest BCUT2D eigenvalue weighted by molar-refractivity contribution is 0.111. The Hall–Kier alpha value is -3.32. The zero-order chi connectivity index (χ0) is 23.9. The molecule has 0 fully saturated rings. The normalized spacial score (nSPS) is 14.0. The van der Waals surface area contributed by atoms with Gasteiger partial charge in [-0.25, -0.2) is 4.98 Å². The average Bonchev–Trinajstić information content (AvgIpc) is 3.29. The quantitative estimate of drug-likeness (QED) is 0.439. The van der Waals surface area contributed by atoms with E-state index >= 15 is 0 Å². The second kappa shape index (κ2) is 11.2. The fraction of sp³-hybridized carbons (Fsp3) is 0.440. The third-order valence-electron chi connectivity index (χ3n) is 6.12. The fourth-order valence-corrected chi connectivity index (χ4v) is 4.14. The SMILES string of the molecule is CCCNc1ncc(-c2nc(-c3ccc4c(c3)CCN(CC(CO)CO)CC4)no2)cc1C#N. The van der Waals surface area contributed by atoms with Gasteiger partial charge in [-0.1, -0.05) is 24.2 Å². The minimum atomic E-state index is -0.109. The van der Waals surface area contributed by atoms with Crippen molar-refractivity contribution in [2.45, 2.75) is 26.2 Å². The Balaban J connectivity index is 1.50. The van der Waals surface area contributed by atoms with Crippen LogP contribution in [0.3, 0.4) is 0 Å². The van der Waals surface area contributed by atoms with Crippen LogP contribution in [0.5, 0.6) is 0 Å². The molecule has 4 rings (SSSR count). The van der Waals surface area contributed by atoms with Gasteiger partial charge < -0.3 is 25.0 Å². The largest absolute Gasteiger partial charge is 0.396 e. The number of hydrogen-bond acceptors (Lipinski definition) is 9. The highest BCUT2D eigenvalue weighted by atomic mass is 16.5. The summed E-state index contributed by atoms with van der Waals surface area (Å²) in [4.78, 5) is 11.2. The Kier molecular flexibility index (Phi) is 7.85. The first kappa shape index (κ1) is 23.8. The molecular formula is C25H30N6O3. The monoisotopic (exact) mass is 462 g/mol. The highest BCUT2D eigenvalue weighted by Gasteiger charge is 2.19. The molecule has 0 radical (unpaired) electrons. The maximum Gasteiger partial charge on any atom is 0.259 e. The van der Waals surface area contributed by atoms with Crippen LogP contribution in [0.2, 0.25) is 0 Å². The number of pyridine rings is 1. The van der Waals surface area contributed by atoms with E-state index in [0.717, 1.165) is 44.5 Å². The molecule has 0 spiro atoms. The van der Waals surface area contributed by atoms with Crippen LogP contribution in [0.25, 0.3) is 22.8 Å². The highest BCUT2D eigenvalue weighted by Crippen LogP contribution is 2.27. The van der Waals surface area contributed by atoms with Crippen molar-refractivity contribution in [1.82, 2.24) is 20.0 Å². The number of nitrogens with one attached hydrogen (secondary N) is 1. The van der Waals surface area contributed by atoms with Crippen LogP contribution < -0.4 is 5.32 Å². The van der Waals surface area contributed by atoms with Crippen molar-refractivity contribution in [1.29, 1.82) is 5.26 Å². The maximum atomic E-state index is 9.48. The zero-order valence-electron chi connectivity index (χ0n) is 19.4. The lowest BCUT2D eigenvalue weighted by Crippen LogP contribution is -2.34. The van der Waals surface area contributed by atoms with E-state index in [1.165, 1.54) is 11.1 Å². The molecule has 3 heterocycles. The van der Waals surface area contributed by atoms with Crippen molar-refractivity contribution in [3.8, 4) is 28.9 Å². The predicted molar refractivity (Wildman–Crippen MR) is 128 cm³/mol. The number of hydrogen-bond donors (Lipinski definition) is 3. The molecule has 34 heavy (non-hydrogen) atoms. The van der Waals surface area contributed by atoms with E-state index in [1.807, 2.05) is 6.07 Å². The Morgan fingerprint density at radius 2 is 1.94 bits per heavy atom. The van der Waals surface area contributed by atoms with Crippen molar-refractivity contribution in [3.05, 3.63) is 47.2 Å². The summed E-state index contributed by atoms with van der Waals surface area (Å²) in [6, 6.07) is 10.1. The smallest absolute Gasteiger partial charge is 0.259 e. The first-order chi connectivity index (χ1) is 16.6. The van der Waals surface area contributed by atoms with Gasteiger partial charge in [-0.05, 0) is 42.5 Å². The van der Waals surface area contributed by atoms with Gasteiger partial charge in [0.05, 0.1) is 11.1 Å². The molecule has 0 aliphatic carbocycles. The van der Waals surface area contributed by atoms with E-state index in [9.17, 15) is 15.5 Å². The van der Waals surface area contributed by atoms with Crippen molar-refractivity contribution in [3.63, 3.8) is 0 Å². The predicted octanol–water partition coefficient (Wildman–Crippen LogP) is 2.49. The third kappa shape index (κ3) is 5.42. The molecule has 1 aliphatic heterocycles. The number of aliphatic hydroxyl groups excluding tert-OH is 2. The number of aromatic nitrogens is 3. The summed E-state index contributed by atoms with van der Waals surface area (Å²) in [5.74, 6) is 1.26. The summed E-state index contributed by atoms with van der Waals surface area (Å²) in [7, 11) is 0. The minimum absolute atomic E-state index is 0.00633. The molecule has 9 nitrogen and oxygen atoms in total. The lowest BCUT2D eigenvalue weighted by atomic mass is 10.00. The third-order valence-corrected chi connectivity index (χ3v) is 6.12. The molecule has 9 heteroatoms. The number of fused-ring (bicyclic) bond motifs is 1. The van der Waals surface area contributed by atoms with Crippen LogP contribution in [-0.4, -0.2) is 69.6 Å². The molecule has 3 N–H and O–H groups in total. The summed E-state index contributed by atoms with van der Waals surface area (Å²) in [6.45, 7) is 5.23. The Morgan fingerprint density at radius 3 is 2.68 bits per heavy atom. The van der Waals surface area contributed by atoms with E-state index in [0.29, 0.717) is 35.2 Å². The van der Waals surface area contributed by atoms with Gasteiger partial charge in [0.2, 0.25) is 5.82 Å². The first-order valence-corrected chi connectivity index (χ1v) is 11.7. The van der Waals surface area contributed by atoms with Gasteiger partial charge >= 0.3 is 0 Å². The summed E-state index contributed by atoms with van der Waals surface area (Å²) < 4.78 is 5.49. The molecule has 1 aromatic carbocycles. The van der Waals surface area contributed by atoms with Crippen LogP contribution in [0, 0.1) is 17.2 Å². The number of benzene rings is 1. The average molecular weight is 463 g/mol. The molecule has 0 bridgehead atoms. The minimum Gasteiger partial charge on any atom is -0.396 e. The van der Waals surface area contributed by atoms with Crippen LogP contribution in [0.4, 0.5) is 5.82 Å². The number of aliphatic hydroxyl groups is 2. The van der Waals surface area contributed by atoms with Gasteiger partial charge in [-0.2, -0.15) is 10.2 Å². The molecule has 0 atom stereocenters. The summed E-state index contributed by atoms with van der Waals surface area (Å²) in [5.41, 5.74) is 4.45. The number of nitrogens with zero attached hydrogens (tertiary/aromatic N) is 5. The van der Waals surface area contributed by atoms with E-state index in [2.05, 4.69) is 50.5 Å². The molecule has 0 saturated carbocycles. The van der Waals surface area contributed by atoms with Gasteiger partial charge in [0.15, 0.2) is 0 Å². The highest BCUT2D eigenvalue weighted by molar-refractivity contribution is 5.64. The summed E-state index contributed by atoms with van der Waals surface area (Å²) >= 11 is 0. The molecule has 1 aliphatic rings. The van der Waals surface area contributed by atoms with Crippen molar-refractivity contribution < 1.29 is 14.7 Å². The molecule has 0 amide bonds. The topological polar surface area (TPSA) is 131 Å². The maximum absolute atomic E-state index is 9.48. The summed E-state index contributed by atoms with van der Waals surface area (Å²) in [6.07, 6.45) is 4.36. The van der Waals surface area contributed by atoms with Crippen LogP contribution in [-0.2, 0) is 12.8 Å². The fourth-order valence-electron chi connectivity index (χ4n) is 4.14. The van der Waals surface area contributed by atoms with Crippen LogP contribution in [0.15, 0.2) is 35.0 Å². The standard InChI is InChI=1S/C25H30N6O3/c1-2-7-27-23-21(12-26)11-22(13-28-23)25-29-24(30-34-25)20-4-3-18-5-8-31(9-6-19(18)10-20)14-17(15-32)16-33/h3-4,10-11,13,17,32-33H,2,5-9,14-16H2,1H3,(H,27,28). The molecule has 0 unspecified atom stereocenters. The Morgan fingerprint density at radius 1 is 1.15 bits per heavy atom. The number of anilines is 1. The van der Waals surface area contributed by atoms with Crippen LogP contribution >= 0.6 is 0 Å². The van der Waals surface area contributed by atoms with Gasteiger partial charge in [-0.15, -0.1) is 0 Å². The van der Waals surface area contributed by atoms with Crippen LogP contribution in [0.1, 0.15) is 30.0 Å². The Bertz CT molecular complexity index is 1150. The first-order valence-electron chi connectivity index (χ1n) is 11.7. The van der Waals surface area contributed by atoms with Gasteiger partial charge in [0.1, 0.15) is 11.9 Å². The van der Waals surface area contributed by atoms with Crippen molar-refractivity contribution >= 4 is 5.82 Å². The van der Waals surface area contributed by atoms with Crippen molar-refractivity contribution in [2.24, 2.45) is 5.92 Å². The second-order valence-corrected chi connectivity index (χ2v) is 8.60. The molecule has 0 saturated heterocycles. The van der Waals surface area contributed by atoms with E-state index < -0.39 is 0 Å². The Labute approximate surface area is 199 Å². The van der Waals surface area contributed by atoms with E-state index in [1.54, 1.807) is 12.3 Å². The van der Waals surface area contributed by atoms with E-state index in [-0.39, 0.29) is 19.1 Å². The van der Waals surface area contributed by atoms with Crippen molar-refractivity contribution in [2.75, 3.05) is 44.7 Å². The van der Waals surface area contributed by atoms with E-state index in [4.69, 9.17) is 4.52 Å². The molecule has 178 valence electrons. The van der Waals surface area contributed by atoms with Gasteiger partial charge in [-0.3, -0.25) is 0 Å². The van der Waals surface area contributed by atoms with Gasteiger partial charge in [0, 0.05) is 57.1 Å². The van der Waals surface area contributed by atoms with Gasteiger partial charge in [0.25, 0.3) is 5.89 Å². The summed E-state index contributed by atoms with van der Waals surface area (Å²) in [5, 5.41) is 35.6. The lowest BCUT2D eigenvalue weighted by Gasteiger charge is -2.23. The molecular weight excluding hydrogens is 432 g/mol. The number of rotatable bonds is 9. The zero-order valence-corrected chi connectivity index (χ0v) is 19.4. The molecule has 3 aromatic rings. The second-order valence-electron chi connectivity index (χ2n) is 8.60. The number of nitriles is 1.